The summed E-state index contributed by atoms with van der Waals surface area (Å²) in [5.74, 6) is 4.70. The van der Waals surface area contributed by atoms with E-state index in [9.17, 15) is 0 Å². The summed E-state index contributed by atoms with van der Waals surface area (Å²) in [4.78, 5) is 0. The van der Waals surface area contributed by atoms with Crippen molar-refractivity contribution in [3.63, 3.8) is 0 Å². The third kappa shape index (κ3) is 5.16. The second-order valence-electron chi connectivity index (χ2n) is 7.35. The summed E-state index contributed by atoms with van der Waals surface area (Å²) in [6, 6.07) is 0. The molecule has 0 radical (unpaired) electrons. The van der Waals surface area contributed by atoms with Crippen LogP contribution in [0, 0.1) is 29.6 Å². The van der Waals surface area contributed by atoms with E-state index in [1.165, 1.54) is 37.7 Å². The highest BCUT2D eigenvalue weighted by molar-refractivity contribution is 4.94. The molecule has 1 rings (SSSR count). The lowest BCUT2D eigenvalue weighted by Crippen LogP contribution is -2.30. The van der Waals surface area contributed by atoms with Gasteiger partial charge in [-0.1, -0.05) is 46.8 Å². The molecule has 1 aliphatic rings. The number of rotatable bonds is 8. The first kappa shape index (κ1) is 15.8. The Bertz CT molecular complexity index is 245. The Morgan fingerprint density at radius 3 is 2.28 bits per heavy atom. The first-order chi connectivity index (χ1) is 8.42. The Kier molecular flexibility index (Phi) is 6.46. The Morgan fingerprint density at radius 1 is 1.17 bits per heavy atom. The first-order valence-electron chi connectivity index (χ1n) is 8.08. The Hall–Kier alpha value is -0.260. The highest BCUT2D eigenvalue weighted by Crippen LogP contribution is 2.44. The van der Waals surface area contributed by atoms with Crippen molar-refractivity contribution in [2.45, 2.75) is 73.1 Å². The summed E-state index contributed by atoms with van der Waals surface area (Å²) in [5, 5.41) is 0. The summed E-state index contributed by atoms with van der Waals surface area (Å²) < 4.78 is 0. The van der Waals surface area contributed by atoms with Gasteiger partial charge in [-0.05, 0) is 68.1 Å². The van der Waals surface area contributed by atoms with E-state index in [1.807, 2.05) is 0 Å². The normalized spacial score (nSPS) is 26.8. The standard InChI is InChI=1S/C18H34/c1-7-14(4)9-15(5)10-16(6)18-11-17(12-18)8-13(2)3/h13,15-18H,4,7-12H2,1-3,5-6H3. The SMILES string of the molecule is C=C(CC)CC(C)CC(C)C1CC(CC(C)C)C1. The minimum absolute atomic E-state index is 0.830. The van der Waals surface area contributed by atoms with E-state index in [4.69, 9.17) is 0 Å². The molecule has 0 heteroatoms. The number of hydrogen-bond acceptors (Lipinski definition) is 0. The minimum atomic E-state index is 0.830. The summed E-state index contributed by atoms with van der Waals surface area (Å²) in [7, 11) is 0. The van der Waals surface area contributed by atoms with E-state index in [-0.39, 0.29) is 0 Å². The zero-order valence-electron chi connectivity index (χ0n) is 13.3. The van der Waals surface area contributed by atoms with Crippen LogP contribution in [-0.2, 0) is 0 Å². The molecule has 0 aromatic heterocycles. The van der Waals surface area contributed by atoms with Gasteiger partial charge in [-0.25, -0.2) is 0 Å². The van der Waals surface area contributed by atoms with Gasteiger partial charge in [-0.2, -0.15) is 0 Å². The summed E-state index contributed by atoms with van der Waals surface area (Å²) in [5.41, 5.74) is 1.43. The third-order valence-electron chi connectivity index (χ3n) is 4.79. The average molecular weight is 250 g/mol. The second kappa shape index (κ2) is 7.36. The first-order valence-corrected chi connectivity index (χ1v) is 8.08. The Labute approximate surface area is 115 Å². The van der Waals surface area contributed by atoms with Crippen molar-refractivity contribution in [3.05, 3.63) is 12.2 Å². The molecule has 0 amide bonds. The lowest BCUT2D eigenvalue weighted by molar-refractivity contribution is 0.101. The molecule has 0 N–H and O–H groups in total. The van der Waals surface area contributed by atoms with E-state index in [2.05, 4.69) is 41.2 Å². The van der Waals surface area contributed by atoms with Crippen molar-refractivity contribution in [1.82, 2.24) is 0 Å². The fourth-order valence-corrected chi connectivity index (χ4v) is 3.66. The van der Waals surface area contributed by atoms with E-state index in [1.54, 1.807) is 0 Å². The maximum Gasteiger partial charge on any atom is -0.0297 e. The van der Waals surface area contributed by atoms with Crippen LogP contribution in [0.1, 0.15) is 73.1 Å². The molecule has 0 aliphatic heterocycles. The molecule has 1 aliphatic carbocycles. The van der Waals surface area contributed by atoms with Gasteiger partial charge in [0, 0.05) is 0 Å². The molecular formula is C18H34. The van der Waals surface area contributed by atoms with Crippen LogP contribution in [0.3, 0.4) is 0 Å². The number of allylic oxidation sites excluding steroid dienone is 1. The molecule has 0 spiro atoms. The molecule has 2 atom stereocenters. The fourth-order valence-electron chi connectivity index (χ4n) is 3.66. The molecule has 0 nitrogen and oxygen atoms in total. The van der Waals surface area contributed by atoms with Crippen LogP contribution in [-0.4, -0.2) is 0 Å². The van der Waals surface area contributed by atoms with Gasteiger partial charge < -0.3 is 0 Å². The smallest absolute Gasteiger partial charge is 0.0297 e. The van der Waals surface area contributed by atoms with Crippen LogP contribution in [0.4, 0.5) is 0 Å². The molecule has 106 valence electrons. The molecule has 0 heterocycles. The van der Waals surface area contributed by atoms with Gasteiger partial charge in [0.15, 0.2) is 0 Å². The predicted octanol–water partition coefficient (Wildman–Crippen LogP) is 6.08. The quantitative estimate of drug-likeness (QED) is 0.458. The van der Waals surface area contributed by atoms with E-state index >= 15 is 0 Å². The van der Waals surface area contributed by atoms with Gasteiger partial charge in [0.05, 0.1) is 0 Å². The van der Waals surface area contributed by atoms with Crippen LogP contribution in [0.5, 0.6) is 0 Å². The van der Waals surface area contributed by atoms with Crippen molar-refractivity contribution < 1.29 is 0 Å². The minimum Gasteiger partial charge on any atom is -0.0999 e. The summed E-state index contributed by atoms with van der Waals surface area (Å²) >= 11 is 0. The molecule has 0 aromatic rings. The highest BCUT2D eigenvalue weighted by Gasteiger charge is 2.33. The van der Waals surface area contributed by atoms with E-state index in [0.717, 1.165) is 36.0 Å². The lowest BCUT2D eigenvalue weighted by atomic mass is 9.65. The fraction of sp³-hybridized carbons (Fsp3) is 0.889. The largest absolute Gasteiger partial charge is 0.0999 e. The molecule has 0 aromatic carbocycles. The second-order valence-corrected chi connectivity index (χ2v) is 7.35. The predicted molar refractivity (Wildman–Crippen MR) is 82.7 cm³/mol. The van der Waals surface area contributed by atoms with Crippen LogP contribution >= 0.6 is 0 Å². The van der Waals surface area contributed by atoms with E-state index < -0.39 is 0 Å². The lowest BCUT2D eigenvalue weighted by Gasteiger charge is -2.41. The van der Waals surface area contributed by atoms with Gasteiger partial charge in [0.1, 0.15) is 0 Å². The highest BCUT2D eigenvalue weighted by atomic mass is 14.4. The maximum absolute atomic E-state index is 4.14. The molecule has 1 saturated carbocycles. The zero-order valence-corrected chi connectivity index (χ0v) is 13.3. The third-order valence-corrected chi connectivity index (χ3v) is 4.79. The summed E-state index contributed by atoms with van der Waals surface area (Å²) in [6.07, 6.45) is 8.24. The van der Waals surface area contributed by atoms with Crippen LogP contribution < -0.4 is 0 Å². The molecule has 18 heavy (non-hydrogen) atoms. The molecule has 0 saturated heterocycles. The van der Waals surface area contributed by atoms with Crippen LogP contribution in [0.25, 0.3) is 0 Å². The van der Waals surface area contributed by atoms with E-state index in [0.29, 0.717) is 0 Å². The monoisotopic (exact) mass is 250 g/mol. The molecule has 2 unspecified atom stereocenters. The summed E-state index contributed by atoms with van der Waals surface area (Å²) in [6.45, 7) is 16.0. The van der Waals surface area contributed by atoms with Crippen molar-refractivity contribution in [1.29, 1.82) is 0 Å². The van der Waals surface area contributed by atoms with Gasteiger partial charge in [0.25, 0.3) is 0 Å². The van der Waals surface area contributed by atoms with Crippen molar-refractivity contribution >= 4 is 0 Å². The zero-order chi connectivity index (χ0) is 13.7. The number of hydrogen-bond donors (Lipinski definition) is 0. The van der Waals surface area contributed by atoms with Crippen molar-refractivity contribution in [2.24, 2.45) is 29.6 Å². The Morgan fingerprint density at radius 2 is 1.78 bits per heavy atom. The maximum atomic E-state index is 4.14. The average Bonchev–Trinajstić information content (AvgIpc) is 2.21. The van der Waals surface area contributed by atoms with Crippen molar-refractivity contribution in [3.8, 4) is 0 Å². The van der Waals surface area contributed by atoms with Crippen LogP contribution in [0.2, 0.25) is 0 Å². The van der Waals surface area contributed by atoms with Gasteiger partial charge in [-0.3, -0.25) is 0 Å². The van der Waals surface area contributed by atoms with Crippen LogP contribution in [0.15, 0.2) is 12.2 Å². The molecule has 0 bridgehead atoms. The van der Waals surface area contributed by atoms with Gasteiger partial charge in [0.2, 0.25) is 0 Å². The van der Waals surface area contributed by atoms with Crippen molar-refractivity contribution in [2.75, 3.05) is 0 Å². The molecular weight excluding hydrogens is 216 g/mol. The molecule has 1 fully saturated rings. The Balaban J connectivity index is 2.18. The van der Waals surface area contributed by atoms with Gasteiger partial charge >= 0.3 is 0 Å². The van der Waals surface area contributed by atoms with Gasteiger partial charge in [-0.15, -0.1) is 0 Å². The topological polar surface area (TPSA) is 0 Å².